The molecule has 1 N–H and O–H groups in total. The number of fused-ring (bicyclic) bond motifs is 2. The maximum absolute atomic E-state index is 13.5. The van der Waals surface area contributed by atoms with Crippen molar-refractivity contribution in [3.05, 3.63) is 53.9 Å². The summed E-state index contributed by atoms with van der Waals surface area (Å²) in [5.74, 6) is 0.734. The first-order valence-corrected chi connectivity index (χ1v) is 8.98. The van der Waals surface area contributed by atoms with Crippen LogP contribution in [0.5, 0.6) is 5.75 Å². The molecule has 0 spiro atoms. The summed E-state index contributed by atoms with van der Waals surface area (Å²) < 4.78 is 5.47. The van der Waals surface area contributed by atoms with Crippen molar-refractivity contribution in [2.24, 2.45) is 5.92 Å². The van der Waals surface area contributed by atoms with E-state index in [-0.39, 0.29) is 24.0 Å². The molecule has 6 heteroatoms. The first-order valence-electron chi connectivity index (χ1n) is 8.98. The Morgan fingerprint density at radius 2 is 2.19 bits per heavy atom. The summed E-state index contributed by atoms with van der Waals surface area (Å²) >= 11 is 0. The van der Waals surface area contributed by atoms with Gasteiger partial charge in [0.1, 0.15) is 5.75 Å². The van der Waals surface area contributed by atoms with Crippen molar-refractivity contribution in [3.8, 4) is 5.75 Å². The maximum Gasteiger partial charge on any atom is 0.262 e. The number of ether oxygens (including phenoxy) is 1. The Kier molecular flexibility index (Phi) is 3.29. The number of nitrogens with one attached hydrogen (secondary N) is 1. The van der Waals surface area contributed by atoms with Crippen LogP contribution in [0.4, 0.5) is 5.69 Å². The quantitative estimate of drug-likeness (QED) is 0.904. The van der Waals surface area contributed by atoms with E-state index in [4.69, 9.17) is 4.74 Å². The highest BCUT2D eigenvalue weighted by Crippen LogP contribution is 2.57. The van der Waals surface area contributed by atoms with Gasteiger partial charge in [-0.3, -0.25) is 14.6 Å². The molecule has 3 aliphatic rings. The smallest absolute Gasteiger partial charge is 0.262 e. The van der Waals surface area contributed by atoms with Gasteiger partial charge in [-0.15, -0.1) is 0 Å². The van der Waals surface area contributed by atoms with E-state index in [1.807, 2.05) is 17.2 Å². The maximum atomic E-state index is 13.5. The van der Waals surface area contributed by atoms with Crippen molar-refractivity contribution in [2.45, 2.75) is 24.8 Å². The standard InChI is InChI=1S/C20H19N3O3/c24-17-12-26-16-5-1-4-15(18(16)22-17)19(25)23-10-7-13-6-8-20(13,23)14-3-2-9-21-11-14/h1-5,9,11,13H,6-8,10,12H2,(H,22,24)/t13-,20-/m0/s1. The SMILES string of the molecule is O=C1COc2cccc(C(=O)N3CC[C@@H]4CC[C@@]43c3cccnc3)c2N1. The highest BCUT2D eigenvalue weighted by Gasteiger charge is 2.57. The second-order valence-electron chi connectivity index (χ2n) is 7.16. The van der Waals surface area contributed by atoms with Crippen LogP contribution in [0.15, 0.2) is 42.7 Å². The topological polar surface area (TPSA) is 71.5 Å². The average molecular weight is 349 g/mol. The highest BCUT2D eigenvalue weighted by atomic mass is 16.5. The predicted molar refractivity (Wildman–Crippen MR) is 94.9 cm³/mol. The first kappa shape index (κ1) is 15.4. The Balaban J connectivity index is 1.56. The van der Waals surface area contributed by atoms with Crippen molar-refractivity contribution < 1.29 is 14.3 Å². The number of anilines is 1. The van der Waals surface area contributed by atoms with Crippen LogP contribution >= 0.6 is 0 Å². The summed E-state index contributed by atoms with van der Waals surface area (Å²) in [5, 5.41) is 2.81. The Morgan fingerprint density at radius 3 is 2.96 bits per heavy atom. The molecule has 3 heterocycles. The fourth-order valence-electron chi connectivity index (χ4n) is 4.71. The van der Waals surface area contributed by atoms with Crippen molar-refractivity contribution in [1.29, 1.82) is 0 Å². The summed E-state index contributed by atoms with van der Waals surface area (Å²) in [6.45, 7) is 0.701. The number of carbonyl (C=O) groups is 2. The third-order valence-electron chi connectivity index (χ3n) is 6.02. The fourth-order valence-corrected chi connectivity index (χ4v) is 4.71. The number of hydrogen-bond acceptors (Lipinski definition) is 4. The number of likely N-dealkylation sites (tertiary alicyclic amines) is 1. The van der Waals surface area contributed by atoms with Gasteiger partial charge in [-0.05, 0) is 48.9 Å². The molecule has 0 bridgehead atoms. The second-order valence-corrected chi connectivity index (χ2v) is 7.16. The zero-order valence-electron chi connectivity index (χ0n) is 14.3. The molecule has 0 unspecified atom stereocenters. The Bertz CT molecular complexity index is 898. The molecule has 132 valence electrons. The molecule has 2 fully saturated rings. The van der Waals surface area contributed by atoms with Crippen LogP contribution in [-0.4, -0.2) is 34.8 Å². The average Bonchev–Trinajstić information content (AvgIpc) is 2.92. The lowest BCUT2D eigenvalue weighted by atomic mass is 9.64. The normalized spacial score (nSPS) is 26.2. The van der Waals surface area contributed by atoms with E-state index in [1.54, 1.807) is 24.4 Å². The Morgan fingerprint density at radius 1 is 1.27 bits per heavy atom. The van der Waals surface area contributed by atoms with E-state index < -0.39 is 0 Å². The number of nitrogens with zero attached hydrogens (tertiary/aromatic N) is 2. The van der Waals surface area contributed by atoms with Crippen LogP contribution in [0.2, 0.25) is 0 Å². The third kappa shape index (κ3) is 2.01. The van der Waals surface area contributed by atoms with E-state index in [0.29, 0.717) is 22.9 Å². The minimum Gasteiger partial charge on any atom is -0.482 e. The van der Waals surface area contributed by atoms with E-state index in [0.717, 1.165) is 31.4 Å². The molecule has 1 aliphatic carbocycles. The summed E-state index contributed by atoms with van der Waals surface area (Å²) in [4.78, 5) is 31.5. The molecule has 2 aromatic rings. The first-order chi connectivity index (χ1) is 12.7. The number of rotatable bonds is 2. The van der Waals surface area contributed by atoms with Gasteiger partial charge in [0.05, 0.1) is 16.8 Å². The van der Waals surface area contributed by atoms with Crippen molar-refractivity contribution in [2.75, 3.05) is 18.5 Å². The van der Waals surface area contributed by atoms with Gasteiger partial charge in [-0.1, -0.05) is 12.1 Å². The Labute approximate surface area is 151 Å². The summed E-state index contributed by atoms with van der Waals surface area (Å²) in [5.41, 5.74) is 1.81. The summed E-state index contributed by atoms with van der Waals surface area (Å²) in [6, 6.07) is 9.33. The van der Waals surface area contributed by atoms with Gasteiger partial charge >= 0.3 is 0 Å². The van der Waals surface area contributed by atoms with Gasteiger partial charge in [0.2, 0.25) is 0 Å². The number of benzene rings is 1. The minimum atomic E-state index is -0.270. The van der Waals surface area contributed by atoms with E-state index in [1.165, 1.54) is 0 Å². The van der Waals surface area contributed by atoms with Gasteiger partial charge in [0.25, 0.3) is 11.8 Å². The van der Waals surface area contributed by atoms with Crippen molar-refractivity contribution in [1.82, 2.24) is 9.88 Å². The van der Waals surface area contributed by atoms with Gasteiger partial charge in [0.15, 0.2) is 6.61 Å². The number of hydrogen-bond donors (Lipinski definition) is 1. The lowest BCUT2D eigenvalue weighted by molar-refractivity contribution is -0.118. The summed E-state index contributed by atoms with van der Waals surface area (Å²) in [6.07, 6.45) is 6.72. The van der Waals surface area contributed by atoms with Crippen LogP contribution in [0.1, 0.15) is 35.2 Å². The molecule has 1 saturated carbocycles. The van der Waals surface area contributed by atoms with Crippen LogP contribution in [0.3, 0.4) is 0 Å². The van der Waals surface area contributed by atoms with Crippen LogP contribution in [0, 0.1) is 5.92 Å². The largest absolute Gasteiger partial charge is 0.482 e. The predicted octanol–water partition coefficient (Wildman–Crippen LogP) is 2.56. The lowest BCUT2D eigenvalue weighted by Gasteiger charge is -2.50. The molecular formula is C20H19N3O3. The van der Waals surface area contributed by atoms with Gasteiger partial charge in [0, 0.05) is 18.9 Å². The van der Waals surface area contributed by atoms with E-state index in [2.05, 4.69) is 16.4 Å². The molecule has 5 rings (SSSR count). The monoisotopic (exact) mass is 349 g/mol. The lowest BCUT2D eigenvalue weighted by Crippen LogP contribution is -2.53. The van der Waals surface area contributed by atoms with Crippen molar-refractivity contribution >= 4 is 17.5 Å². The zero-order chi connectivity index (χ0) is 17.7. The number of carbonyl (C=O) groups excluding carboxylic acids is 2. The van der Waals surface area contributed by atoms with E-state index >= 15 is 0 Å². The number of amides is 2. The number of para-hydroxylation sites is 1. The van der Waals surface area contributed by atoms with Crippen molar-refractivity contribution in [3.63, 3.8) is 0 Å². The number of aromatic nitrogens is 1. The van der Waals surface area contributed by atoms with Gasteiger partial charge < -0.3 is 15.0 Å². The molecule has 26 heavy (non-hydrogen) atoms. The molecule has 6 nitrogen and oxygen atoms in total. The number of pyridine rings is 1. The van der Waals surface area contributed by atoms with Crippen LogP contribution in [-0.2, 0) is 10.3 Å². The van der Waals surface area contributed by atoms with Crippen LogP contribution < -0.4 is 10.1 Å². The van der Waals surface area contributed by atoms with E-state index in [9.17, 15) is 9.59 Å². The van der Waals surface area contributed by atoms with Gasteiger partial charge in [-0.25, -0.2) is 0 Å². The minimum absolute atomic E-state index is 0.0178. The fraction of sp³-hybridized carbons (Fsp3) is 0.350. The second kappa shape index (κ2) is 5.56. The molecule has 2 atom stereocenters. The highest BCUT2D eigenvalue weighted by molar-refractivity contribution is 6.07. The molecular weight excluding hydrogens is 330 g/mol. The van der Waals surface area contributed by atoms with Crippen LogP contribution in [0.25, 0.3) is 0 Å². The third-order valence-corrected chi connectivity index (χ3v) is 6.02. The van der Waals surface area contributed by atoms with Gasteiger partial charge in [-0.2, -0.15) is 0 Å². The molecule has 1 aromatic heterocycles. The molecule has 0 radical (unpaired) electrons. The molecule has 1 aromatic carbocycles. The summed E-state index contributed by atoms with van der Waals surface area (Å²) in [7, 11) is 0. The molecule has 2 amide bonds. The Hall–Kier alpha value is -2.89. The molecule has 2 aliphatic heterocycles. The zero-order valence-corrected chi connectivity index (χ0v) is 14.3. The molecule has 1 saturated heterocycles.